The second-order valence-electron chi connectivity index (χ2n) is 5.52. The quantitative estimate of drug-likeness (QED) is 0.701. The Hall–Kier alpha value is -1.01. The van der Waals surface area contributed by atoms with Crippen molar-refractivity contribution in [2.75, 3.05) is 32.6 Å². The predicted molar refractivity (Wildman–Crippen MR) is 85.4 cm³/mol. The van der Waals surface area contributed by atoms with Crippen LogP contribution in [0.1, 0.15) is 30.9 Å². The molecule has 0 unspecified atom stereocenters. The fourth-order valence-corrected chi connectivity index (χ4v) is 3.08. The molecule has 0 saturated carbocycles. The molecule has 0 atom stereocenters. The highest BCUT2D eigenvalue weighted by Crippen LogP contribution is 2.19. The van der Waals surface area contributed by atoms with E-state index in [9.17, 15) is 4.79 Å². The molecule has 1 rings (SSSR count). The summed E-state index contributed by atoms with van der Waals surface area (Å²) in [6.07, 6.45) is 0. The number of hydrogen-bond acceptors (Lipinski definition) is 5. The van der Waals surface area contributed by atoms with E-state index < -0.39 is 0 Å². The van der Waals surface area contributed by atoms with Gasteiger partial charge in [-0.15, -0.1) is 11.8 Å². The van der Waals surface area contributed by atoms with Crippen LogP contribution in [0.25, 0.3) is 0 Å². The van der Waals surface area contributed by atoms with Crippen LogP contribution in [-0.4, -0.2) is 48.5 Å². The summed E-state index contributed by atoms with van der Waals surface area (Å²) < 4.78 is 10.2. The molecule has 0 aliphatic carbocycles. The lowest BCUT2D eigenvalue weighted by Crippen LogP contribution is -2.37. The zero-order chi connectivity index (χ0) is 15.8. The largest absolute Gasteiger partial charge is 0.383 e. The van der Waals surface area contributed by atoms with Gasteiger partial charge in [0.05, 0.1) is 18.1 Å². The molecule has 0 aromatic carbocycles. The maximum atomic E-state index is 12.3. The first-order chi connectivity index (χ1) is 9.95. The number of hydrogen-bond donors (Lipinski definition) is 0. The number of aromatic nitrogens is 1. The van der Waals surface area contributed by atoms with E-state index in [-0.39, 0.29) is 5.91 Å². The smallest absolute Gasteiger partial charge is 0.232 e. The van der Waals surface area contributed by atoms with E-state index in [1.54, 1.807) is 18.9 Å². The summed E-state index contributed by atoms with van der Waals surface area (Å²) in [5, 5.41) is 3.93. The Morgan fingerprint density at radius 2 is 2.14 bits per heavy atom. The molecule has 0 bridgehead atoms. The van der Waals surface area contributed by atoms with Crippen molar-refractivity contribution in [3.63, 3.8) is 0 Å². The standard InChI is InChI=1S/C15H26N2O3S/c1-11(2)8-17(6-7-19-5)15(18)10-21-9-14-12(3)16-20-13(14)4/h11H,6-10H2,1-5H3. The average molecular weight is 314 g/mol. The first-order valence-electron chi connectivity index (χ1n) is 7.21. The van der Waals surface area contributed by atoms with Crippen LogP contribution in [0, 0.1) is 19.8 Å². The monoisotopic (exact) mass is 314 g/mol. The van der Waals surface area contributed by atoms with Gasteiger partial charge in [0.1, 0.15) is 5.76 Å². The van der Waals surface area contributed by atoms with E-state index in [1.165, 1.54) is 0 Å². The third-order valence-electron chi connectivity index (χ3n) is 3.16. The van der Waals surface area contributed by atoms with Crippen molar-refractivity contribution in [1.29, 1.82) is 0 Å². The number of rotatable bonds is 9. The second-order valence-corrected chi connectivity index (χ2v) is 6.51. The van der Waals surface area contributed by atoms with Crippen molar-refractivity contribution in [1.82, 2.24) is 10.1 Å². The highest BCUT2D eigenvalue weighted by molar-refractivity contribution is 7.99. The predicted octanol–water partition coefficient (Wildman–Crippen LogP) is 2.66. The summed E-state index contributed by atoms with van der Waals surface area (Å²) in [7, 11) is 1.66. The molecule has 0 fully saturated rings. The van der Waals surface area contributed by atoms with Gasteiger partial charge in [-0.1, -0.05) is 19.0 Å². The van der Waals surface area contributed by atoms with Crippen LogP contribution in [0.4, 0.5) is 0 Å². The highest BCUT2D eigenvalue weighted by Gasteiger charge is 2.16. The van der Waals surface area contributed by atoms with Gasteiger partial charge in [0, 0.05) is 31.5 Å². The van der Waals surface area contributed by atoms with Crippen molar-refractivity contribution in [3.05, 3.63) is 17.0 Å². The Bertz CT molecular complexity index is 427. The van der Waals surface area contributed by atoms with Gasteiger partial charge >= 0.3 is 0 Å². The van der Waals surface area contributed by atoms with Crippen LogP contribution >= 0.6 is 11.8 Å². The van der Waals surface area contributed by atoms with Crippen LogP contribution < -0.4 is 0 Å². The molecular weight excluding hydrogens is 288 g/mol. The van der Waals surface area contributed by atoms with E-state index in [4.69, 9.17) is 9.26 Å². The van der Waals surface area contributed by atoms with Crippen LogP contribution in [0.3, 0.4) is 0 Å². The van der Waals surface area contributed by atoms with E-state index in [2.05, 4.69) is 19.0 Å². The minimum absolute atomic E-state index is 0.164. The zero-order valence-corrected chi connectivity index (χ0v) is 14.5. The average Bonchev–Trinajstić information content (AvgIpc) is 2.74. The summed E-state index contributed by atoms with van der Waals surface area (Å²) in [6, 6.07) is 0. The number of ether oxygens (including phenoxy) is 1. The van der Waals surface area contributed by atoms with Gasteiger partial charge in [-0.05, 0) is 19.8 Å². The molecule has 6 heteroatoms. The molecule has 5 nitrogen and oxygen atoms in total. The SMILES string of the molecule is COCCN(CC(C)C)C(=O)CSCc1c(C)noc1C. The van der Waals surface area contributed by atoms with E-state index in [1.807, 2.05) is 18.7 Å². The summed E-state index contributed by atoms with van der Waals surface area (Å²) in [5.74, 6) is 2.69. The van der Waals surface area contributed by atoms with Crippen molar-refractivity contribution >= 4 is 17.7 Å². The minimum atomic E-state index is 0.164. The topological polar surface area (TPSA) is 55.6 Å². The molecule has 120 valence electrons. The second kappa shape index (κ2) is 9.10. The highest BCUT2D eigenvalue weighted by atomic mass is 32.2. The van der Waals surface area contributed by atoms with E-state index in [0.29, 0.717) is 24.8 Å². The van der Waals surface area contributed by atoms with Gasteiger partial charge in [0.25, 0.3) is 0 Å². The molecule has 21 heavy (non-hydrogen) atoms. The Balaban J connectivity index is 2.45. The van der Waals surface area contributed by atoms with Crippen molar-refractivity contribution in [2.45, 2.75) is 33.4 Å². The summed E-state index contributed by atoms with van der Waals surface area (Å²) >= 11 is 1.60. The van der Waals surface area contributed by atoms with Crippen molar-refractivity contribution in [2.24, 2.45) is 5.92 Å². The van der Waals surface area contributed by atoms with E-state index in [0.717, 1.165) is 29.3 Å². The van der Waals surface area contributed by atoms with Gasteiger partial charge in [0.15, 0.2) is 0 Å². The van der Waals surface area contributed by atoms with Gasteiger partial charge < -0.3 is 14.2 Å². The molecule has 1 amide bonds. The first-order valence-corrected chi connectivity index (χ1v) is 8.37. The summed E-state index contributed by atoms with van der Waals surface area (Å²) in [4.78, 5) is 14.2. The minimum Gasteiger partial charge on any atom is -0.383 e. The third kappa shape index (κ3) is 6.09. The molecule has 1 aromatic rings. The molecule has 0 N–H and O–H groups in total. The van der Waals surface area contributed by atoms with Gasteiger partial charge in [0.2, 0.25) is 5.91 Å². The third-order valence-corrected chi connectivity index (χ3v) is 4.10. The number of thioether (sulfide) groups is 1. The maximum Gasteiger partial charge on any atom is 0.232 e. The van der Waals surface area contributed by atoms with Crippen LogP contribution in [0.2, 0.25) is 0 Å². The van der Waals surface area contributed by atoms with Crippen molar-refractivity contribution in [3.8, 4) is 0 Å². The number of carbonyl (C=O) groups is 1. The lowest BCUT2D eigenvalue weighted by Gasteiger charge is -2.24. The summed E-state index contributed by atoms with van der Waals surface area (Å²) in [6.45, 7) is 10.1. The Labute approximate surface area is 131 Å². The van der Waals surface area contributed by atoms with E-state index >= 15 is 0 Å². The first kappa shape index (κ1) is 18.0. The van der Waals surface area contributed by atoms with Gasteiger partial charge in [-0.2, -0.15) is 0 Å². The fourth-order valence-electron chi connectivity index (χ4n) is 2.00. The van der Waals surface area contributed by atoms with Crippen LogP contribution in [0.15, 0.2) is 4.52 Å². The van der Waals surface area contributed by atoms with Gasteiger partial charge in [-0.3, -0.25) is 4.79 Å². The van der Waals surface area contributed by atoms with Crippen LogP contribution in [-0.2, 0) is 15.3 Å². The zero-order valence-electron chi connectivity index (χ0n) is 13.6. The Morgan fingerprint density at radius 1 is 1.43 bits per heavy atom. The van der Waals surface area contributed by atoms with Crippen molar-refractivity contribution < 1.29 is 14.1 Å². The molecule has 0 aliphatic heterocycles. The number of amides is 1. The number of nitrogens with zero attached hydrogens (tertiary/aromatic N) is 2. The number of carbonyl (C=O) groups excluding carboxylic acids is 1. The fraction of sp³-hybridized carbons (Fsp3) is 0.733. The normalized spacial score (nSPS) is 11.1. The Morgan fingerprint density at radius 3 is 2.67 bits per heavy atom. The van der Waals surface area contributed by atoms with Crippen LogP contribution in [0.5, 0.6) is 0 Å². The molecular formula is C15H26N2O3S. The molecule has 1 heterocycles. The lowest BCUT2D eigenvalue weighted by molar-refractivity contribution is -0.129. The molecule has 0 aliphatic rings. The number of methoxy groups -OCH3 is 1. The number of aryl methyl sites for hydroxylation is 2. The molecule has 0 spiro atoms. The Kier molecular flexibility index (Phi) is 7.82. The molecule has 1 aromatic heterocycles. The maximum absolute atomic E-state index is 12.3. The molecule has 0 saturated heterocycles. The van der Waals surface area contributed by atoms with Gasteiger partial charge in [-0.25, -0.2) is 0 Å². The summed E-state index contributed by atoms with van der Waals surface area (Å²) in [5.41, 5.74) is 2.01. The molecule has 0 radical (unpaired) electrons. The lowest BCUT2D eigenvalue weighted by atomic mass is 10.2.